The van der Waals surface area contributed by atoms with Gasteiger partial charge in [-0.25, -0.2) is 4.39 Å². The third-order valence-electron chi connectivity index (χ3n) is 2.47. The van der Waals surface area contributed by atoms with Gasteiger partial charge in [0.25, 0.3) is 0 Å². The van der Waals surface area contributed by atoms with Crippen LogP contribution in [0.1, 0.15) is 44.7 Å². The van der Waals surface area contributed by atoms with Gasteiger partial charge in [0.2, 0.25) is 0 Å². The molecule has 0 N–H and O–H groups in total. The van der Waals surface area contributed by atoms with E-state index in [1.807, 2.05) is 27.7 Å². The number of carbonyl (C=O) groups excluding carboxylic acids is 1. The van der Waals surface area contributed by atoms with Crippen LogP contribution >= 0.6 is 0 Å². The zero-order valence-corrected chi connectivity index (χ0v) is 11.0. The highest BCUT2D eigenvalue weighted by molar-refractivity contribution is 5.78. The maximum Gasteiger partial charge on any atom is 0.313 e. The maximum atomic E-state index is 13.2. The van der Waals surface area contributed by atoms with Gasteiger partial charge in [0.1, 0.15) is 11.4 Å². The molecule has 0 saturated carbocycles. The monoisotopic (exact) mass is 238 g/mol. The summed E-state index contributed by atoms with van der Waals surface area (Å²) in [6.07, 6.45) is 0. The van der Waals surface area contributed by atoms with E-state index in [2.05, 4.69) is 0 Å². The minimum absolute atomic E-state index is 0.328. The Kier molecular flexibility index (Phi) is 3.91. The lowest BCUT2D eigenvalue weighted by Gasteiger charge is -2.23. The van der Waals surface area contributed by atoms with Crippen LogP contribution < -0.4 is 0 Å². The average Bonchev–Trinajstić information content (AvgIpc) is 2.18. The number of carbonyl (C=O) groups is 1. The number of ether oxygens (including phenoxy) is 1. The molecule has 0 aliphatic heterocycles. The smallest absolute Gasteiger partial charge is 0.313 e. The molecule has 0 saturated heterocycles. The summed E-state index contributed by atoms with van der Waals surface area (Å²) in [4.78, 5) is 11.9. The van der Waals surface area contributed by atoms with Crippen LogP contribution in [0.5, 0.6) is 0 Å². The number of benzene rings is 1. The van der Waals surface area contributed by atoms with Crippen LogP contribution in [0.15, 0.2) is 18.2 Å². The number of halogens is 1. The van der Waals surface area contributed by atoms with E-state index in [1.165, 1.54) is 12.1 Å². The van der Waals surface area contributed by atoms with Crippen molar-refractivity contribution in [1.82, 2.24) is 0 Å². The van der Waals surface area contributed by atoms with Crippen molar-refractivity contribution < 1.29 is 13.9 Å². The van der Waals surface area contributed by atoms with Crippen LogP contribution in [-0.4, -0.2) is 11.6 Å². The second-order valence-electron chi connectivity index (χ2n) is 5.26. The molecule has 1 atom stereocenters. The third-order valence-corrected chi connectivity index (χ3v) is 2.47. The Hall–Kier alpha value is -1.38. The van der Waals surface area contributed by atoms with Crippen molar-refractivity contribution in [3.63, 3.8) is 0 Å². The van der Waals surface area contributed by atoms with Gasteiger partial charge in [0, 0.05) is 0 Å². The first-order chi connectivity index (χ1) is 7.70. The minimum atomic E-state index is -0.521. The predicted molar refractivity (Wildman–Crippen MR) is 65.4 cm³/mol. The molecule has 1 rings (SSSR count). The molecule has 0 bridgehead atoms. The molecule has 1 aromatic rings. The van der Waals surface area contributed by atoms with Crippen LogP contribution in [0.2, 0.25) is 0 Å². The van der Waals surface area contributed by atoms with Crippen molar-refractivity contribution in [2.24, 2.45) is 0 Å². The number of aryl methyl sites for hydroxylation is 1. The summed E-state index contributed by atoms with van der Waals surface area (Å²) in [5.74, 6) is -1.11. The zero-order valence-electron chi connectivity index (χ0n) is 11.0. The van der Waals surface area contributed by atoms with Gasteiger partial charge < -0.3 is 4.74 Å². The van der Waals surface area contributed by atoms with Gasteiger partial charge in [-0.2, -0.15) is 0 Å². The second-order valence-corrected chi connectivity index (χ2v) is 5.26. The molecule has 0 aromatic heterocycles. The lowest BCUT2D eigenvalue weighted by atomic mass is 9.96. The van der Waals surface area contributed by atoms with E-state index in [1.54, 1.807) is 13.0 Å². The number of rotatable bonds is 2. The fourth-order valence-electron chi connectivity index (χ4n) is 1.59. The van der Waals surface area contributed by atoms with Gasteiger partial charge in [-0.3, -0.25) is 4.79 Å². The van der Waals surface area contributed by atoms with Crippen LogP contribution in [-0.2, 0) is 9.53 Å². The molecule has 1 unspecified atom stereocenters. The van der Waals surface area contributed by atoms with Crippen molar-refractivity contribution in [1.29, 1.82) is 0 Å². The Bertz CT molecular complexity index is 419. The Morgan fingerprint density at radius 1 is 1.35 bits per heavy atom. The third kappa shape index (κ3) is 3.84. The summed E-state index contributed by atoms with van der Waals surface area (Å²) < 4.78 is 18.4. The topological polar surface area (TPSA) is 26.3 Å². The Morgan fingerprint density at radius 3 is 2.47 bits per heavy atom. The summed E-state index contributed by atoms with van der Waals surface area (Å²) in [7, 11) is 0. The highest BCUT2D eigenvalue weighted by atomic mass is 19.1. The molecule has 0 heterocycles. The number of esters is 1. The van der Waals surface area contributed by atoms with Gasteiger partial charge >= 0.3 is 5.97 Å². The Labute approximate surface area is 102 Å². The largest absolute Gasteiger partial charge is 0.460 e. The molecule has 94 valence electrons. The van der Waals surface area contributed by atoms with E-state index < -0.39 is 11.5 Å². The van der Waals surface area contributed by atoms with E-state index in [0.29, 0.717) is 5.56 Å². The fraction of sp³-hybridized carbons (Fsp3) is 0.500. The highest BCUT2D eigenvalue weighted by Gasteiger charge is 2.24. The lowest BCUT2D eigenvalue weighted by Crippen LogP contribution is -2.27. The molecule has 17 heavy (non-hydrogen) atoms. The average molecular weight is 238 g/mol. The summed E-state index contributed by atoms with van der Waals surface area (Å²) in [6.45, 7) is 9.04. The van der Waals surface area contributed by atoms with Crippen molar-refractivity contribution in [2.45, 2.75) is 46.1 Å². The fourth-order valence-corrected chi connectivity index (χ4v) is 1.59. The van der Waals surface area contributed by atoms with Crippen molar-refractivity contribution in [3.05, 3.63) is 35.1 Å². The molecule has 0 aliphatic rings. The van der Waals surface area contributed by atoms with Gasteiger partial charge in [-0.15, -0.1) is 0 Å². The number of hydrogen-bond donors (Lipinski definition) is 0. The molecule has 1 aromatic carbocycles. The minimum Gasteiger partial charge on any atom is -0.460 e. The van der Waals surface area contributed by atoms with E-state index in [0.717, 1.165) is 5.56 Å². The summed E-state index contributed by atoms with van der Waals surface area (Å²) in [5, 5.41) is 0. The quantitative estimate of drug-likeness (QED) is 0.736. The second kappa shape index (κ2) is 4.86. The van der Waals surface area contributed by atoms with E-state index in [-0.39, 0.29) is 11.8 Å². The number of hydrogen-bond acceptors (Lipinski definition) is 2. The molecule has 0 amide bonds. The molecular weight excluding hydrogens is 219 g/mol. The maximum absolute atomic E-state index is 13.2. The van der Waals surface area contributed by atoms with Gasteiger partial charge in [0.15, 0.2) is 0 Å². The van der Waals surface area contributed by atoms with Crippen LogP contribution in [0.25, 0.3) is 0 Å². The molecule has 0 fully saturated rings. The molecule has 0 aliphatic carbocycles. The van der Waals surface area contributed by atoms with Crippen molar-refractivity contribution in [3.8, 4) is 0 Å². The zero-order chi connectivity index (χ0) is 13.2. The predicted octanol–water partition coefficient (Wildman–Crippen LogP) is 3.58. The summed E-state index contributed by atoms with van der Waals surface area (Å²) >= 11 is 0. The van der Waals surface area contributed by atoms with E-state index in [9.17, 15) is 9.18 Å². The molecule has 3 heteroatoms. The summed E-state index contributed by atoms with van der Waals surface area (Å²) in [6, 6.07) is 4.45. The first kappa shape index (κ1) is 13.7. The SMILES string of the molecule is Cc1ccc(F)cc1C(C)C(=O)OC(C)(C)C. The highest BCUT2D eigenvalue weighted by Crippen LogP contribution is 2.23. The lowest BCUT2D eigenvalue weighted by molar-refractivity contribution is -0.156. The first-order valence-corrected chi connectivity index (χ1v) is 5.69. The van der Waals surface area contributed by atoms with Crippen LogP contribution in [0.3, 0.4) is 0 Å². The van der Waals surface area contributed by atoms with Crippen LogP contribution in [0.4, 0.5) is 4.39 Å². The Morgan fingerprint density at radius 2 is 1.94 bits per heavy atom. The van der Waals surface area contributed by atoms with Crippen molar-refractivity contribution in [2.75, 3.05) is 0 Å². The summed E-state index contributed by atoms with van der Waals surface area (Å²) in [5.41, 5.74) is 1.05. The molecule has 2 nitrogen and oxygen atoms in total. The first-order valence-electron chi connectivity index (χ1n) is 5.69. The van der Waals surface area contributed by atoms with Gasteiger partial charge in [-0.1, -0.05) is 6.07 Å². The van der Waals surface area contributed by atoms with E-state index >= 15 is 0 Å². The molecule has 0 radical (unpaired) electrons. The van der Waals surface area contributed by atoms with Crippen LogP contribution in [0, 0.1) is 12.7 Å². The van der Waals surface area contributed by atoms with Gasteiger partial charge in [-0.05, 0) is 57.9 Å². The normalized spacial score (nSPS) is 13.3. The van der Waals surface area contributed by atoms with Gasteiger partial charge in [0.05, 0.1) is 5.92 Å². The standard InChI is InChI=1S/C14H19FO2/c1-9-6-7-11(15)8-12(9)10(2)13(16)17-14(3,4)5/h6-8,10H,1-5H3. The van der Waals surface area contributed by atoms with E-state index in [4.69, 9.17) is 4.74 Å². The molecular formula is C14H19FO2. The Balaban J connectivity index is 2.92. The molecule has 0 spiro atoms. The van der Waals surface area contributed by atoms with Crippen molar-refractivity contribution >= 4 is 5.97 Å².